The van der Waals surface area contributed by atoms with Gasteiger partial charge in [-0.2, -0.15) is 4.98 Å². The van der Waals surface area contributed by atoms with E-state index in [-0.39, 0.29) is 5.56 Å². The Bertz CT molecular complexity index is 670. The van der Waals surface area contributed by atoms with Crippen LogP contribution in [0.2, 0.25) is 0 Å². The predicted octanol–water partition coefficient (Wildman–Crippen LogP) is 1.30. The molecule has 0 aliphatic rings. The molecule has 14 heavy (non-hydrogen) atoms. The van der Waals surface area contributed by atoms with Crippen LogP contribution in [-0.2, 0) is 0 Å². The fourth-order valence-corrected chi connectivity index (χ4v) is 2.15. The average molecular weight is 203 g/mol. The van der Waals surface area contributed by atoms with Crippen molar-refractivity contribution in [2.24, 2.45) is 0 Å². The first-order chi connectivity index (χ1) is 6.86. The van der Waals surface area contributed by atoms with Crippen molar-refractivity contribution in [1.29, 1.82) is 0 Å². The molecule has 0 unspecified atom stereocenters. The molecule has 5 heteroatoms. The second-order valence-corrected chi connectivity index (χ2v) is 3.74. The van der Waals surface area contributed by atoms with Crippen molar-refractivity contribution in [1.82, 2.24) is 14.4 Å². The zero-order chi connectivity index (χ0) is 9.54. The van der Waals surface area contributed by atoms with E-state index < -0.39 is 0 Å². The number of aromatic nitrogens is 3. The standard InChI is InChI=1S/C9H5N3OS/c13-8-6-1-2-10-5-7(6)12-3-4-14-9(12)11-8/h1-5H. The lowest BCUT2D eigenvalue weighted by Gasteiger charge is -1.98. The number of nitrogens with zero attached hydrogens (tertiary/aromatic N) is 3. The summed E-state index contributed by atoms with van der Waals surface area (Å²) < 4.78 is 1.87. The Kier molecular flexibility index (Phi) is 1.43. The number of hydrogen-bond donors (Lipinski definition) is 0. The van der Waals surface area contributed by atoms with Crippen LogP contribution in [0.15, 0.2) is 34.8 Å². The topological polar surface area (TPSA) is 47.3 Å². The van der Waals surface area contributed by atoms with E-state index in [1.54, 1.807) is 18.5 Å². The summed E-state index contributed by atoms with van der Waals surface area (Å²) in [5.41, 5.74) is 0.619. The van der Waals surface area contributed by atoms with Gasteiger partial charge in [-0.25, -0.2) is 0 Å². The molecule has 0 atom stereocenters. The maximum atomic E-state index is 11.5. The SMILES string of the molecule is O=c1nc2sccn2c2cnccc12. The highest BCUT2D eigenvalue weighted by Crippen LogP contribution is 2.13. The Labute approximate surface area is 82.5 Å². The van der Waals surface area contributed by atoms with Crippen LogP contribution in [0.3, 0.4) is 0 Å². The van der Waals surface area contributed by atoms with Crippen molar-refractivity contribution in [2.75, 3.05) is 0 Å². The van der Waals surface area contributed by atoms with Gasteiger partial charge in [0.05, 0.1) is 17.1 Å². The third-order valence-corrected chi connectivity index (χ3v) is 2.83. The second-order valence-electron chi connectivity index (χ2n) is 2.87. The van der Waals surface area contributed by atoms with Crippen molar-refractivity contribution in [2.45, 2.75) is 0 Å². The lowest BCUT2D eigenvalue weighted by Crippen LogP contribution is -2.08. The summed E-state index contributed by atoms with van der Waals surface area (Å²) in [5, 5.41) is 2.50. The van der Waals surface area contributed by atoms with Crippen LogP contribution >= 0.6 is 11.3 Å². The zero-order valence-corrected chi connectivity index (χ0v) is 7.86. The maximum Gasteiger partial charge on any atom is 0.281 e. The monoisotopic (exact) mass is 203 g/mol. The average Bonchev–Trinajstić information content (AvgIpc) is 2.66. The molecule has 0 saturated carbocycles. The minimum absolute atomic E-state index is 0.190. The third-order valence-electron chi connectivity index (χ3n) is 2.08. The van der Waals surface area contributed by atoms with Crippen molar-refractivity contribution >= 4 is 27.2 Å². The van der Waals surface area contributed by atoms with E-state index in [1.165, 1.54) is 11.3 Å². The van der Waals surface area contributed by atoms with E-state index in [0.717, 1.165) is 5.52 Å². The largest absolute Gasteiger partial charge is 0.290 e. The molecule has 68 valence electrons. The molecule has 0 N–H and O–H groups in total. The molecular formula is C9H5N3OS. The molecule has 0 aliphatic carbocycles. The number of rotatable bonds is 0. The van der Waals surface area contributed by atoms with Crippen molar-refractivity contribution in [3.8, 4) is 0 Å². The molecule has 3 aromatic rings. The summed E-state index contributed by atoms with van der Waals surface area (Å²) in [4.78, 5) is 20.2. The van der Waals surface area contributed by atoms with Crippen molar-refractivity contribution in [3.63, 3.8) is 0 Å². The van der Waals surface area contributed by atoms with Gasteiger partial charge in [-0.3, -0.25) is 14.2 Å². The van der Waals surface area contributed by atoms with E-state index in [4.69, 9.17) is 0 Å². The van der Waals surface area contributed by atoms with Crippen LogP contribution in [0.25, 0.3) is 15.9 Å². The highest BCUT2D eigenvalue weighted by atomic mass is 32.1. The van der Waals surface area contributed by atoms with Gasteiger partial charge in [0.2, 0.25) is 0 Å². The quantitative estimate of drug-likeness (QED) is 0.553. The van der Waals surface area contributed by atoms with E-state index in [9.17, 15) is 4.79 Å². The molecule has 4 nitrogen and oxygen atoms in total. The van der Waals surface area contributed by atoms with Gasteiger partial charge < -0.3 is 0 Å². The summed E-state index contributed by atoms with van der Waals surface area (Å²) >= 11 is 1.44. The molecule has 0 spiro atoms. The Hall–Kier alpha value is -1.75. The number of pyridine rings is 1. The van der Waals surface area contributed by atoms with Gasteiger partial charge in [-0.15, -0.1) is 11.3 Å². The molecule has 0 aliphatic heterocycles. The van der Waals surface area contributed by atoms with Gasteiger partial charge >= 0.3 is 0 Å². The first-order valence-corrected chi connectivity index (χ1v) is 4.94. The van der Waals surface area contributed by atoms with Gasteiger partial charge in [-0.05, 0) is 6.07 Å². The molecule has 0 aromatic carbocycles. The molecule has 0 bridgehead atoms. The molecule has 0 fully saturated rings. The highest BCUT2D eigenvalue weighted by molar-refractivity contribution is 7.15. The Morgan fingerprint density at radius 1 is 1.43 bits per heavy atom. The van der Waals surface area contributed by atoms with Gasteiger partial charge in [0.15, 0.2) is 4.96 Å². The lowest BCUT2D eigenvalue weighted by molar-refractivity contribution is 1.16. The van der Waals surface area contributed by atoms with Crippen molar-refractivity contribution in [3.05, 3.63) is 40.4 Å². The highest BCUT2D eigenvalue weighted by Gasteiger charge is 2.04. The number of fused-ring (bicyclic) bond motifs is 3. The fraction of sp³-hybridized carbons (Fsp3) is 0. The summed E-state index contributed by atoms with van der Waals surface area (Å²) in [5.74, 6) is 0. The summed E-state index contributed by atoms with van der Waals surface area (Å²) in [7, 11) is 0. The first-order valence-electron chi connectivity index (χ1n) is 4.06. The van der Waals surface area contributed by atoms with Gasteiger partial charge in [0.25, 0.3) is 5.56 Å². The molecule has 0 amide bonds. The Morgan fingerprint density at radius 3 is 3.29 bits per heavy atom. The normalized spacial score (nSPS) is 11.1. The minimum Gasteiger partial charge on any atom is -0.290 e. The van der Waals surface area contributed by atoms with Crippen LogP contribution in [0, 0.1) is 0 Å². The first kappa shape index (κ1) is 7.64. The van der Waals surface area contributed by atoms with Gasteiger partial charge in [-0.1, -0.05) is 0 Å². The van der Waals surface area contributed by atoms with E-state index in [0.29, 0.717) is 10.3 Å². The molecule has 3 rings (SSSR count). The van der Waals surface area contributed by atoms with Crippen LogP contribution in [0.5, 0.6) is 0 Å². The minimum atomic E-state index is -0.190. The van der Waals surface area contributed by atoms with Gasteiger partial charge in [0, 0.05) is 17.8 Å². The summed E-state index contributed by atoms with van der Waals surface area (Å²) in [6.07, 6.45) is 5.17. The van der Waals surface area contributed by atoms with Crippen LogP contribution in [0.1, 0.15) is 0 Å². The molecule has 3 aromatic heterocycles. The Morgan fingerprint density at radius 2 is 2.36 bits per heavy atom. The molecule has 0 saturated heterocycles. The lowest BCUT2D eigenvalue weighted by atomic mass is 10.3. The zero-order valence-electron chi connectivity index (χ0n) is 7.04. The number of hydrogen-bond acceptors (Lipinski definition) is 4. The second kappa shape index (κ2) is 2.62. The van der Waals surface area contributed by atoms with Crippen LogP contribution in [-0.4, -0.2) is 14.4 Å². The van der Waals surface area contributed by atoms with Crippen molar-refractivity contribution < 1.29 is 0 Å². The Balaban J connectivity index is 2.74. The summed E-state index contributed by atoms with van der Waals surface area (Å²) in [6, 6.07) is 1.69. The fourth-order valence-electron chi connectivity index (χ4n) is 1.44. The smallest absolute Gasteiger partial charge is 0.281 e. The number of thiazole rings is 1. The van der Waals surface area contributed by atoms with Crippen LogP contribution in [0.4, 0.5) is 0 Å². The van der Waals surface area contributed by atoms with Gasteiger partial charge in [0.1, 0.15) is 0 Å². The molecule has 0 radical (unpaired) electrons. The third kappa shape index (κ3) is 0.898. The molecule has 3 heterocycles. The molecular weight excluding hydrogens is 198 g/mol. The van der Waals surface area contributed by atoms with E-state index in [2.05, 4.69) is 9.97 Å². The maximum absolute atomic E-state index is 11.5. The van der Waals surface area contributed by atoms with E-state index in [1.807, 2.05) is 16.0 Å². The predicted molar refractivity (Wildman–Crippen MR) is 54.6 cm³/mol. The van der Waals surface area contributed by atoms with Crippen LogP contribution < -0.4 is 5.56 Å². The van der Waals surface area contributed by atoms with E-state index >= 15 is 0 Å². The summed E-state index contributed by atoms with van der Waals surface area (Å²) in [6.45, 7) is 0.